The third kappa shape index (κ3) is 3.71. The van der Waals surface area contributed by atoms with Gasteiger partial charge in [0.15, 0.2) is 22.2 Å². The van der Waals surface area contributed by atoms with Crippen molar-refractivity contribution in [1.29, 1.82) is 0 Å². The minimum atomic E-state index is -2.19. The molecule has 3 rings (SSSR count). The predicted octanol–water partition coefficient (Wildman–Crippen LogP) is 6.67. The smallest absolute Gasteiger partial charge is 0.342 e. The second-order valence-corrected chi connectivity index (χ2v) is 22.5. The summed E-state index contributed by atoms with van der Waals surface area (Å²) in [4.78, 5) is 15.6. The number of aryl methyl sites for hydroxylation is 1. The van der Waals surface area contributed by atoms with Crippen molar-refractivity contribution in [1.82, 2.24) is 0 Å². The number of hydrogen-bond donors (Lipinski definition) is 0. The monoisotopic (exact) mass is 454 g/mol. The Morgan fingerprint density at radius 2 is 1.62 bits per heavy atom. The Kier molecular flexibility index (Phi) is 5.41. The van der Waals surface area contributed by atoms with Crippen LogP contribution in [0.1, 0.15) is 69.4 Å². The number of ether oxygens (including phenoxy) is 1. The van der Waals surface area contributed by atoms with E-state index in [9.17, 15) is 4.79 Å². The standard InChI is InChI=1S/C22H38O4SSi2/c1-14-12-15-18(27-14)17(25-28(8,9)20(2,3)4)16-13-22(15,19(23)24-16)26-29(10,11)21(5,6)7/h12,16-17H,13H2,1-11H3/t16-,17+,22-/m1/s1. The normalized spacial score (nSPS) is 27.8. The quantitative estimate of drug-likeness (QED) is 0.376. The van der Waals surface area contributed by atoms with Gasteiger partial charge < -0.3 is 13.6 Å². The number of carbonyl (C=O) groups excluding carboxylic acids is 1. The van der Waals surface area contributed by atoms with Crippen LogP contribution in [0.3, 0.4) is 0 Å². The van der Waals surface area contributed by atoms with Crippen molar-refractivity contribution in [2.24, 2.45) is 0 Å². The van der Waals surface area contributed by atoms with E-state index in [-0.39, 0.29) is 28.3 Å². The Balaban J connectivity index is 2.08. The summed E-state index contributed by atoms with van der Waals surface area (Å²) >= 11 is 1.73. The van der Waals surface area contributed by atoms with Crippen molar-refractivity contribution in [2.75, 3.05) is 0 Å². The van der Waals surface area contributed by atoms with Crippen LogP contribution in [-0.2, 0) is 24.0 Å². The molecule has 1 aliphatic carbocycles. The van der Waals surface area contributed by atoms with E-state index in [1.54, 1.807) is 11.3 Å². The van der Waals surface area contributed by atoms with Gasteiger partial charge in [-0.05, 0) is 49.3 Å². The van der Waals surface area contributed by atoms with Crippen LogP contribution in [0.15, 0.2) is 6.07 Å². The maximum atomic E-state index is 13.3. The average Bonchev–Trinajstić information content (AvgIpc) is 3.02. The number of fused-ring (bicyclic) bond motifs is 4. The zero-order valence-corrected chi connectivity index (χ0v) is 22.8. The number of esters is 1. The summed E-state index contributed by atoms with van der Waals surface area (Å²) in [5.41, 5.74) is 0.0217. The van der Waals surface area contributed by atoms with E-state index in [1.807, 2.05) is 0 Å². The summed E-state index contributed by atoms with van der Waals surface area (Å²) in [5.74, 6) is -0.229. The van der Waals surface area contributed by atoms with E-state index in [2.05, 4.69) is 80.7 Å². The van der Waals surface area contributed by atoms with Crippen LogP contribution in [0, 0.1) is 6.92 Å². The fraction of sp³-hybridized carbons (Fsp3) is 0.773. The topological polar surface area (TPSA) is 44.8 Å². The minimum absolute atomic E-state index is 0.0137. The van der Waals surface area contributed by atoms with Crippen LogP contribution in [-0.4, -0.2) is 28.7 Å². The fourth-order valence-electron chi connectivity index (χ4n) is 3.61. The van der Waals surface area contributed by atoms with Gasteiger partial charge in [-0.1, -0.05) is 41.5 Å². The largest absolute Gasteiger partial charge is 0.457 e. The van der Waals surface area contributed by atoms with Crippen LogP contribution in [0.2, 0.25) is 36.3 Å². The molecule has 7 heteroatoms. The molecule has 1 fully saturated rings. The Morgan fingerprint density at radius 3 is 2.14 bits per heavy atom. The molecule has 4 nitrogen and oxygen atoms in total. The molecule has 3 atom stereocenters. The SMILES string of the molecule is Cc1cc2c(s1)[C@@H](O[Si](C)(C)C(C)(C)C)[C@H]1C[C@]2(O[Si](C)(C)C(C)(C)C)C(=O)O1. The molecule has 2 bridgehead atoms. The number of hydrogen-bond acceptors (Lipinski definition) is 5. The summed E-state index contributed by atoms with van der Waals surface area (Å²) in [5, 5.41) is 0.105. The molecule has 1 aromatic heterocycles. The zero-order chi connectivity index (χ0) is 22.2. The van der Waals surface area contributed by atoms with E-state index >= 15 is 0 Å². The van der Waals surface area contributed by atoms with E-state index in [0.29, 0.717) is 6.42 Å². The fourth-order valence-corrected chi connectivity index (χ4v) is 7.58. The van der Waals surface area contributed by atoms with Crippen LogP contribution in [0.4, 0.5) is 0 Å². The van der Waals surface area contributed by atoms with Gasteiger partial charge in [-0.25, -0.2) is 4.79 Å². The van der Waals surface area contributed by atoms with Crippen molar-refractivity contribution in [3.63, 3.8) is 0 Å². The molecule has 1 aliphatic heterocycles. The highest BCUT2D eigenvalue weighted by molar-refractivity contribution is 7.12. The molecule has 0 aromatic carbocycles. The maximum absolute atomic E-state index is 13.3. The molecule has 1 aromatic rings. The molecule has 0 amide bonds. The Hall–Kier alpha value is -0.476. The van der Waals surface area contributed by atoms with E-state index in [1.165, 1.54) is 4.88 Å². The van der Waals surface area contributed by atoms with Crippen molar-refractivity contribution >= 4 is 33.9 Å². The number of carbonyl (C=O) groups is 1. The second-order valence-electron chi connectivity index (χ2n) is 11.8. The van der Waals surface area contributed by atoms with Crippen LogP contribution >= 0.6 is 11.3 Å². The number of rotatable bonds is 4. The first kappa shape index (κ1) is 23.2. The molecule has 164 valence electrons. The molecule has 0 unspecified atom stereocenters. The highest BCUT2D eigenvalue weighted by atomic mass is 32.1. The van der Waals surface area contributed by atoms with Crippen molar-refractivity contribution in [3.8, 4) is 0 Å². The molecule has 2 heterocycles. The van der Waals surface area contributed by atoms with Gasteiger partial charge in [-0.15, -0.1) is 11.3 Å². The molecule has 1 saturated heterocycles. The molecular weight excluding hydrogens is 416 g/mol. The van der Waals surface area contributed by atoms with Crippen molar-refractivity contribution in [3.05, 3.63) is 21.4 Å². The van der Waals surface area contributed by atoms with Crippen LogP contribution in [0.5, 0.6) is 0 Å². The number of thiophene rings is 1. The van der Waals surface area contributed by atoms with Gasteiger partial charge in [0, 0.05) is 21.7 Å². The highest BCUT2D eigenvalue weighted by Gasteiger charge is 2.63. The summed E-state index contributed by atoms with van der Waals surface area (Å²) in [6.45, 7) is 24.4. The minimum Gasteiger partial charge on any atom is -0.457 e. The van der Waals surface area contributed by atoms with E-state index in [0.717, 1.165) is 10.4 Å². The van der Waals surface area contributed by atoms with Gasteiger partial charge in [-0.3, -0.25) is 0 Å². The van der Waals surface area contributed by atoms with Gasteiger partial charge in [0.2, 0.25) is 0 Å². The summed E-state index contributed by atoms with van der Waals surface area (Å²) in [6.07, 6.45) is 0.0972. The summed E-state index contributed by atoms with van der Waals surface area (Å²) in [6, 6.07) is 2.14. The van der Waals surface area contributed by atoms with Gasteiger partial charge in [-0.2, -0.15) is 0 Å². The molecule has 0 N–H and O–H groups in total. The van der Waals surface area contributed by atoms with Crippen LogP contribution < -0.4 is 0 Å². The molecule has 2 aliphatic rings. The summed E-state index contributed by atoms with van der Waals surface area (Å²) in [7, 11) is -4.22. The third-order valence-corrected chi connectivity index (χ3v) is 17.5. The Morgan fingerprint density at radius 1 is 1.07 bits per heavy atom. The molecule has 0 spiro atoms. The first-order chi connectivity index (χ1) is 12.9. The van der Waals surface area contributed by atoms with E-state index in [4.69, 9.17) is 13.6 Å². The van der Waals surface area contributed by atoms with Gasteiger partial charge in [0.25, 0.3) is 0 Å². The van der Waals surface area contributed by atoms with Gasteiger partial charge in [0.05, 0.1) is 0 Å². The maximum Gasteiger partial charge on any atom is 0.342 e. The van der Waals surface area contributed by atoms with Crippen LogP contribution in [0.25, 0.3) is 0 Å². The van der Waals surface area contributed by atoms with E-state index < -0.39 is 22.2 Å². The Labute approximate surface area is 182 Å². The van der Waals surface area contributed by atoms with Gasteiger partial charge in [0.1, 0.15) is 12.2 Å². The third-order valence-electron chi connectivity index (χ3n) is 7.46. The first-order valence-electron chi connectivity index (χ1n) is 10.6. The van der Waals surface area contributed by atoms with Gasteiger partial charge >= 0.3 is 5.97 Å². The molecule has 0 radical (unpaired) electrons. The zero-order valence-electron chi connectivity index (χ0n) is 20.0. The highest BCUT2D eigenvalue weighted by Crippen LogP contribution is 2.57. The lowest BCUT2D eigenvalue weighted by Gasteiger charge is -2.45. The molecule has 0 saturated carbocycles. The first-order valence-corrected chi connectivity index (χ1v) is 17.2. The molecular formula is C22H38O4SSi2. The second kappa shape index (κ2) is 6.76. The summed E-state index contributed by atoms with van der Waals surface area (Å²) < 4.78 is 19.6. The van der Waals surface area contributed by atoms with Crippen molar-refractivity contribution in [2.45, 2.75) is 109 Å². The lowest BCUT2D eigenvalue weighted by Crippen LogP contribution is -2.52. The molecule has 29 heavy (non-hydrogen) atoms. The predicted molar refractivity (Wildman–Crippen MR) is 125 cm³/mol. The lowest BCUT2D eigenvalue weighted by molar-refractivity contribution is -0.155. The Bertz CT molecular complexity index is 816. The lowest BCUT2D eigenvalue weighted by atomic mass is 9.83. The average molecular weight is 455 g/mol. The van der Waals surface area contributed by atoms with Crippen molar-refractivity contribution < 1.29 is 18.4 Å².